The van der Waals surface area contributed by atoms with Gasteiger partial charge in [0.1, 0.15) is 0 Å². The van der Waals surface area contributed by atoms with E-state index in [0.29, 0.717) is 5.95 Å². The maximum absolute atomic E-state index is 5.36. The van der Waals surface area contributed by atoms with Crippen LogP contribution in [0.4, 0.5) is 0 Å². The molecule has 288 valence electrons. The number of fused-ring (bicyclic) bond motifs is 10. The Morgan fingerprint density at radius 1 is 0.306 bits per heavy atom. The fourth-order valence-electron chi connectivity index (χ4n) is 9.85. The summed E-state index contributed by atoms with van der Waals surface area (Å²) >= 11 is 0. The van der Waals surface area contributed by atoms with Gasteiger partial charge in [0.15, 0.2) is 0 Å². The number of aromatic nitrogens is 4. The highest BCUT2D eigenvalue weighted by atomic mass is 15.2. The molecule has 0 radical (unpaired) electrons. The molecule has 0 fully saturated rings. The van der Waals surface area contributed by atoms with Crippen LogP contribution in [0, 0.1) is 0 Å². The molecular formula is C58H36N4. The van der Waals surface area contributed by atoms with Crippen LogP contribution < -0.4 is 0 Å². The molecule has 62 heavy (non-hydrogen) atoms. The highest BCUT2D eigenvalue weighted by molar-refractivity contribution is 6.22. The van der Waals surface area contributed by atoms with Gasteiger partial charge in [-0.15, -0.1) is 0 Å². The minimum absolute atomic E-state index is 0.661. The standard InChI is InChI=1S/C58H36N4/c1-3-15-37(16-4-1)56-48-23-9-12-24-52(48)59-58(60-56)62-54-26-14-11-21-46(54)51-36-49(44-19-7-8-22-47(44)57(51)62)42-30-29-38-33-39(27-28-40(38)34-42)41-31-32-55-50(35-41)45-20-10-13-25-53(45)61(55)43-17-5-2-6-18-43/h1-36H. The fourth-order valence-corrected chi connectivity index (χ4v) is 9.85. The molecule has 0 bridgehead atoms. The van der Waals surface area contributed by atoms with Gasteiger partial charge in [0.05, 0.1) is 33.3 Å². The number of benzene rings is 10. The van der Waals surface area contributed by atoms with Crippen LogP contribution in [0.3, 0.4) is 0 Å². The van der Waals surface area contributed by atoms with Crippen molar-refractivity contribution in [3.63, 3.8) is 0 Å². The van der Waals surface area contributed by atoms with E-state index in [2.05, 4.69) is 221 Å². The lowest BCUT2D eigenvalue weighted by Gasteiger charge is -2.14. The Labute approximate surface area is 357 Å². The zero-order chi connectivity index (χ0) is 40.7. The molecule has 0 atom stereocenters. The molecule has 3 aromatic heterocycles. The number of nitrogens with zero attached hydrogens (tertiary/aromatic N) is 4. The van der Waals surface area contributed by atoms with E-state index in [-0.39, 0.29) is 0 Å². The van der Waals surface area contributed by atoms with E-state index in [1.54, 1.807) is 0 Å². The van der Waals surface area contributed by atoms with Crippen LogP contribution in [0.2, 0.25) is 0 Å². The third-order valence-electron chi connectivity index (χ3n) is 12.7. The Morgan fingerprint density at radius 3 is 1.63 bits per heavy atom. The first-order valence-corrected chi connectivity index (χ1v) is 21.2. The van der Waals surface area contributed by atoms with Crippen LogP contribution in [0.1, 0.15) is 0 Å². The van der Waals surface area contributed by atoms with Crippen LogP contribution >= 0.6 is 0 Å². The quantitative estimate of drug-likeness (QED) is 0.174. The Kier molecular flexibility index (Phi) is 7.57. The first-order valence-electron chi connectivity index (χ1n) is 21.2. The molecule has 4 heteroatoms. The molecule has 0 N–H and O–H groups in total. The second kappa shape index (κ2) is 13.6. The van der Waals surface area contributed by atoms with Crippen molar-refractivity contribution in [1.82, 2.24) is 19.1 Å². The number of para-hydroxylation sites is 4. The zero-order valence-electron chi connectivity index (χ0n) is 33.6. The lowest BCUT2D eigenvalue weighted by molar-refractivity contribution is 1.02. The van der Waals surface area contributed by atoms with Gasteiger partial charge in [0.2, 0.25) is 5.95 Å². The van der Waals surface area contributed by atoms with E-state index >= 15 is 0 Å². The second-order valence-electron chi connectivity index (χ2n) is 16.2. The van der Waals surface area contributed by atoms with Crippen molar-refractivity contribution in [2.75, 3.05) is 0 Å². The second-order valence-corrected chi connectivity index (χ2v) is 16.2. The predicted octanol–water partition coefficient (Wildman–Crippen LogP) is 15.1. The van der Waals surface area contributed by atoms with E-state index in [0.717, 1.165) is 38.6 Å². The third kappa shape index (κ3) is 5.27. The van der Waals surface area contributed by atoms with Gasteiger partial charge in [-0.3, -0.25) is 4.57 Å². The largest absolute Gasteiger partial charge is 0.309 e. The van der Waals surface area contributed by atoms with E-state index in [4.69, 9.17) is 9.97 Å². The van der Waals surface area contributed by atoms with Gasteiger partial charge in [-0.1, -0.05) is 158 Å². The Morgan fingerprint density at radius 2 is 0.855 bits per heavy atom. The zero-order valence-corrected chi connectivity index (χ0v) is 33.6. The molecule has 0 amide bonds. The predicted molar refractivity (Wildman–Crippen MR) is 260 cm³/mol. The van der Waals surface area contributed by atoms with Gasteiger partial charge in [-0.25, -0.2) is 9.97 Å². The normalized spacial score (nSPS) is 11.9. The molecule has 4 nitrogen and oxygen atoms in total. The summed E-state index contributed by atoms with van der Waals surface area (Å²) in [4.78, 5) is 10.6. The van der Waals surface area contributed by atoms with E-state index in [9.17, 15) is 0 Å². The van der Waals surface area contributed by atoms with Crippen LogP contribution in [0.25, 0.3) is 121 Å². The molecule has 0 aliphatic rings. The summed E-state index contributed by atoms with van der Waals surface area (Å²) in [6, 6.07) is 78.6. The van der Waals surface area contributed by atoms with Crippen molar-refractivity contribution >= 4 is 76.1 Å². The smallest absolute Gasteiger partial charge is 0.235 e. The summed E-state index contributed by atoms with van der Waals surface area (Å²) in [6.07, 6.45) is 0. The SMILES string of the molecule is c1ccc(-c2nc(-n3c4ccccc4c4cc(-c5ccc6cc(-c7ccc8c(c7)c7ccccc7n8-c7ccccc7)ccc6c5)c5ccccc5c43)nc3ccccc23)cc1. The summed E-state index contributed by atoms with van der Waals surface area (Å²) < 4.78 is 4.64. The maximum Gasteiger partial charge on any atom is 0.235 e. The molecule has 13 rings (SSSR count). The highest BCUT2D eigenvalue weighted by Crippen LogP contribution is 2.43. The molecule has 3 heterocycles. The molecule has 0 unspecified atom stereocenters. The Hall–Kier alpha value is -8.34. The lowest BCUT2D eigenvalue weighted by Crippen LogP contribution is -2.03. The van der Waals surface area contributed by atoms with Gasteiger partial charge in [-0.2, -0.15) is 0 Å². The fraction of sp³-hybridized carbons (Fsp3) is 0. The lowest BCUT2D eigenvalue weighted by atomic mass is 9.93. The van der Waals surface area contributed by atoms with Crippen molar-refractivity contribution in [2.24, 2.45) is 0 Å². The summed E-state index contributed by atoms with van der Waals surface area (Å²) in [7, 11) is 0. The maximum atomic E-state index is 5.36. The monoisotopic (exact) mass is 788 g/mol. The van der Waals surface area contributed by atoms with Crippen molar-refractivity contribution in [1.29, 1.82) is 0 Å². The molecular weight excluding hydrogens is 753 g/mol. The highest BCUT2D eigenvalue weighted by Gasteiger charge is 2.21. The third-order valence-corrected chi connectivity index (χ3v) is 12.7. The van der Waals surface area contributed by atoms with Crippen molar-refractivity contribution in [2.45, 2.75) is 0 Å². The van der Waals surface area contributed by atoms with Crippen LogP contribution in [0.15, 0.2) is 218 Å². The Balaban J connectivity index is 0.959. The molecule has 0 aliphatic heterocycles. The van der Waals surface area contributed by atoms with Crippen LogP contribution in [-0.4, -0.2) is 19.1 Å². The van der Waals surface area contributed by atoms with Gasteiger partial charge in [-0.05, 0) is 99.1 Å². The number of hydrogen-bond acceptors (Lipinski definition) is 2. The molecule has 13 aromatic rings. The molecule has 0 spiro atoms. The van der Waals surface area contributed by atoms with Gasteiger partial charge in [0.25, 0.3) is 0 Å². The van der Waals surface area contributed by atoms with Crippen LogP contribution in [0.5, 0.6) is 0 Å². The first kappa shape index (κ1) is 34.5. The van der Waals surface area contributed by atoms with Crippen molar-refractivity contribution < 1.29 is 0 Å². The van der Waals surface area contributed by atoms with Gasteiger partial charge in [0, 0.05) is 43.6 Å². The number of hydrogen-bond donors (Lipinski definition) is 0. The average Bonchev–Trinajstić information content (AvgIpc) is 3.86. The van der Waals surface area contributed by atoms with Gasteiger partial charge < -0.3 is 4.57 Å². The first-order chi connectivity index (χ1) is 30.7. The minimum atomic E-state index is 0.661. The topological polar surface area (TPSA) is 35.6 Å². The summed E-state index contributed by atoms with van der Waals surface area (Å²) in [6.45, 7) is 0. The summed E-state index contributed by atoms with van der Waals surface area (Å²) in [5, 5.41) is 10.7. The Bertz CT molecular complexity index is 3920. The van der Waals surface area contributed by atoms with Crippen molar-refractivity contribution in [3.05, 3.63) is 218 Å². The van der Waals surface area contributed by atoms with E-state index in [1.807, 2.05) is 6.07 Å². The average molecular weight is 789 g/mol. The van der Waals surface area contributed by atoms with Gasteiger partial charge >= 0.3 is 0 Å². The summed E-state index contributed by atoms with van der Waals surface area (Å²) in [5.41, 5.74) is 13.5. The molecule has 0 aliphatic carbocycles. The number of rotatable bonds is 5. The van der Waals surface area contributed by atoms with Crippen molar-refractivity contribution in [3.8, 4) is 45.1 Å². The minimum Gasteiger partial charge on any atom is -0.309 e. The molecule has 10 aromatic carbocycles. The van der Waals surface area contributed by atoms with Crippen LogP contribution in [-0.2, 0) is 0 Å². The molecule has 0 saturated heterocycles. The van der Waals surface area contributed by atoms with E-state index in [1.165, 1.54) is 76.7 Å². The van der Waals surface area contributed by atoms with E-state index < -0.39 is 0 Å². The summed E-state index contributed by atoms with van der Waals surface area (Å²) in [5.74, 6) is 0.661. The molecule has 0 saturated carbocycles.